The van der Waals surface area contributed by atoms with E-state index in [4.69, 9.17) is 0 Å². The molecule has 0 amide bonds. The summed E-state index contributed by atoms with van der Waals surface area (Å²) < 4.78 is 8.58. The molecule has 0 unspecified atom stereocenters. The smallest absolute Gasteiger partial charge is 0.438 e. The van der Waals surface area contributed by atoms with Crippen molar-refractivity contribution in [3.63, 3.8) is 0 Å². The third-order valence-electron chi connectivity index (χ3n) is 0.531. The largest absolute Gasteiger partial charge is 0.507 e. The summed E-state index contributed by atoms with van der Waals surface area (Å²) in [6.45, 7) is 3.79. The quantitative estimate of drug-likeness (QED) is 0.506. The van der Waals surface area contributed by atoms with Crippen LogP contribution in [0.25, 0.3) is 0 Å². The summed E-state index contributed by atoms with van der Waals surface area (Å²) in [6.07, 6.45) is -0.0663. The van der Waals surface area contributed by atoms with Crippen molar-refractivity contribution in [1.29, 1.82) is 0 Å². The minimum absolute atomic E-state index is 0.326. The lowest BCUT2D eigenvalue weighted by atomic mass is 10.5. The molecule has 0 saturated heterocycles. The molecule has 0 aliphatic heterocycles. The van der Waals surface area contributed by atoms with Crippen LogP contribution in [-0.4, -0.2) is 19.9 Å². The third-order valence-corrected chi connectivity index (χ3v) is 0.531. The second-order valence-corrected chi connectivity index (χ2v) is 1.16. The molecule has 0 spiro atoms. The zero-order chi connectivity index (χ0) is 6.41. The fraction of sp³-hybridized carbons (Fsp3) is 0.600. The molecule has 0 heterocycles. The Morgan fingerprint density at radius 1 is 1.75 bits per heavy atom. The first kappa shape index (κ1) is 7.27. The zero-order valence-electron chi connectivity index (χ0n) is 4.85. The highest BCUT2D eigenvalue weighted by Crippen LogP contribution is 1.82. The Balaban J connectivity index is 2.99. The monoisotopic (exact) mass is 117 g/mol. The molecule has 0 aliphatic carbocycles. The van der Waals surface area contributed by atoms with Crippen LogP contribution in [0.5, 0.6) is 0 Å². The van der Waals surface area contributed by atoms with Crippen LogP contribution < -0.4 is 0 Å². The van der Waals surface area contributed by atoms with Crippen LogP contribution in [0.2, 0.25) is 0 Å². The molecular weight excluding hydrogens is 108 g/mol. The third kappa shape index (κ3) is 3.46. The van der Waals surface area contributed by atoms with Crippen molar-refractivity contribution >= 4 is 6.16 Å². The number of ether oxygens (including phenoxy) is 2. The van der Waals surface area contributed by atoms with Gasteiger partial charge >= 0.3 is 6.16 Å². The molecule has 0 aromatic carbocycles. The summed E-state index contributed by atoms with van der Waals surface area (Å²) >= 11 is 0. The second kappa shape index (κ2) is 4.43. The van der Waals surface area contributed by atoms with Crippen molar-refractivity contribution in [2.75, 3.05) is 13.7 Å². The molecule has 3 nitrogen and oxygen atoms in total. The van der Waals surface area contributed by atoms with Crippen LogP contribution in [0.1, 0.15) is 6.42 Å². The Hall–Kier alpha value is -0.730. The van der Waals surface area contributed by atoms with E-state index in [9.17, 15) is 4.79 Å². The first-order valence-corrected chi connectivity index (χ1v) is 2.31. The molecule has 0 aromatic heterocycles. The molecule has 0 bridgehead atoms. The van der Waals surface area contributed by atoms with E-state index in [0.717, 1.165) is 0 Å². The molecule has 47 valence electrons. The average molecular weight is 117 g/mol. The molecule has 0 N–H and O–H groups in total. The summed E-state index contributed by atoms with van der Waals surface area (Å²) in [4.78, 5) is 10.1. The van der Waals surface area contributed by atoms with Crippen molar-refractivity contribution in [3.05, 3.63) is 6.92 Å². The van der Waals surface area contributed by atoms with E-state index in [1.54, 1.807) is 0 Å². The normalized spacial score (nSPS) is 8.25. The van der Waals surface area contributed by atoms with E-state index < -0.39 is 6.16 Å². The van der Waals surface area contributed by atoms with Crippen LogP contribution in [0.3, 0.4) is 0 Å². The fourth-order valence-electron chi connectivity index (χ4n) is 0.214. The standard InChI is InChI=1S/C5H9O3/c1-3-4-8-5(6)7-2/h1,3-4H2,2H3. The molecule has 0 saturated carbocycles. The first-order chi connectivity index (χ1) is 3.81. The fourth-order valence-corrected chi connectivity index (χ4v) is 0.214. The molecule has 0 fully saturated rings. The number of carbonyl (C=O) groups excluding carboxylic acids is 1. The van der Waals surface area contributed by atoms with Crippen LogP contribution in [0.4, 0.5) is 4.79 Å². The van der Waals surface area contributed by atoms with Gasteiger partial charge in [-0.3, -0.25) is 0 Å². The van der Waals surface area contributed by atoms with Crippen LogP contribution in [0, 0.1) is 6.92 Å². The lowest BCUT2D eigenvalue weighted by Crippen LogP contribution is -2.04. The number of hydrogen-bond donors (Lipinski definition) is 0. The summed E-state index contributed by atoms with van der Waals surface area (Å²) in [5.74, 6) is 0. The molecule has 0 aromatic rings. The van der Waals surface area contributed by atoms with E-state index in [1.165, 1.54) is 7.11 Å². The molecule has 0 atom stereocenters. The van der Waals surface area contributed by atoms with Crippen molar-refractivity contribution < 1.29 is 14.3 Å². The highest BCUT2D eigenvalue weighted by molar-refractivity contribution is 5.59. The van der Waals surface area contributed by atoms with Gasteiger partial charge in [-0.2, -0.15) is 0 Å². The van der Waals surface area contributed by atoms with Gasteiger partial charge in [0.05, 0.1) is 13.7 Å². The number of carbonyl (C=O) groups is 1. The minimum Gasteiger partial charge on any atom is -0.438 e. The molecular formula is C5H9O3. The predicted molar refractivity (Wildman–Crippen MR) is 28.3 cm³/mol. The van der Waals surface area contributed by atoms with Crippen molar-refractivity contribution in [2.45, 2.75) is 6.42 Å². The summed E-state index contributed by atoms with van der Waals surface area (Å²) in [5, 5.41) is 0. The van der Waals surface area contributed by atoms with Gasteiger partial charge in [-0.1, -0.05) is 0 Å². The SMILES string of the molecule is [CH2]CCOC(=O)OC. The molecule has 0 rings (SSSR count). The van der Waals surface area contributed by atoms with Crippen LogP contribution in [0.15, 0.2) is 0 Å². The lowest BCUT2D eigenvalue weighted by Gasteiger charge is -1.97. The Morgan fingerprint density at radius 2 is 2.38 bits per heavy atom. The van der Waals surface area contributed by atoms with Crippen molar-refractivity contribution in [1.82, 2.24) is 0 Å². The van der Waals surface area contributed by atoms with Gasteiger partial charge in [0.25, 0.3) is 0 Å². The Morgan fingerprint density at radius 3 is 2.75 bits per heavy atom. The first-order valence-electron chi connectivity index (χ1n) is 2.31. The highest BCUT2D eigenvalue weighted by atomic mass is 16.7. The van der Waals surface area contributed by atoms with Gasteiger partial charge in [0.2, 0.25) is 0 Å². The molecule has 8 heavy (non-hydrogen) atoms. The van der Waals surface area contributed by atoms with Crippen molar-refractivity contribution in [2.24, 2.45) is 0 Å². The van der Waals surface area contributed by atoms with Crippen LogP contribution in [-0.2, 0) is 9.47 Å². The lowest BCUT2D eigenvalue weighted by molar-refractivity contribution is 0.0740. The topological polar surface area (TPSA) is 35.5 Å². The number of rotatable bonds is 2. The molecule has 1 radical (unpaired) electrons. The average Bonchev–Trinajstić information content (AvgIpc) is 1.83. The highest BCUT2D eigenvalue weighted by Gasteiger charge is 1.95. The van der Waals surface area contributed by atoms with Gasteiger partial charge in [0.1, 0.15) is 0 Å². The Kier molecular flexibility index (Phi) is 4.03. The molecule has 3 heteroatoms. The maximum atomic E-state index is 10.1. The summed E-state index contributed by atoms with van der Waals surface area (Å²) in [5.41, 5.74) is 0. The molecule has 0 aliphatic rings. The zero-order valence-corrected chi connectivity index (χ0v) is 4.85. The Labute approximate surface area is 48.6 Å². The van der Waals surface area contributed by atoms with Gasteiger partial charge in [0.15, 0.2) is 0 Å². The Bertz CT molecular complexity index is 70.1. The van der Waals surface area contributed by atoms with Crippen LogP contribution >= 0.6 is 0 Å². The number of methoxy groups -OCH3 is 1. The van der Waals surface area contributed by atoms with E-state index in [1.807, 2.05) is 0 Å². The van der Waals surface area contributed by atoms with E-state index in [-0.39, 0.29) is 0 Å². The van der Waals surface area contributed by atoms with Crippen molar-refractivity contribution in [3.8, 4) is 0 Å². The van der Waals surface area contributed by atoms with E-state index in [2.05, 4.69) is 16.4 Å². The summed E-state index contributed by atoms with van der Waals surface area (Å²) in [6, 6.07) is 0. The number of hydrogen-bond acceptors (Lipinski definition) is 3. The predicted octanol–water partition coefficient (Wildman–Crippen LogP) is 0.994. The van der Waals surface area contributed by atoms with Gasteiger partial charge in [-0.05, 0) is 13.3 Å². The van der Waals surface area contributed by atoms with E-state index >= 15 is 0 Å². The summed E-state index contributed by atoms with van der Waals surface area (Å²) in [7, 11) is 1.27. The second-order valence-electron chi connectivity index (χ2n) is 1.16. The maximum Gasteiger partial charge on any atom is 0.507 e. The van der Waals surface area contributed by atoms with Gasteiger partial charge in [-0.25, -0.2) is 4.79 Å². The maximum absolute atomic E-state index is 10.1. The minimum atomic E-state index is -0.645. The van der Waals surface area contributed by atoms with E-state index in [0.29, 0.717) is 13.0 Å². The van der Waals surface area contributed by atoms with Gasteiger partial charge < -0.3 is 9.47 Å². The van der Waals surface area contributed by atoms with Gasteiger partial charge in [-0.15, -0.1) is 0 Å². The van der Waals surface area contributed by atoms with Gasteiger partial charge in [0, 0.05) is 0 Å².